The average Bonchev–Trinajstić information content (AvgIpc) is 2.05. The molecule has 1 rings (SSSR count). The van der Waals surface area contributed by atoms with E-state index in [1.165, 1.54) is 6.20 Å². The van der Waals surface area contributed by atoms with E-state index in [1.54, 1.807) is 0 Å². The van der Waals surface area contributed by atoms with Gasteiger partial charge in [-0.2, -0.15) is 0 Å². The predicted octanol–water partition coefficient (Wildman–Crippen LogP) is -0.638. The number of hydrogen-bond donors (Lipinski definition) is 1. The second kappa shape index (κ2) is 3.17. The zero-order valence-corrected chi connectivity index (χ0v) is 5.60. The van der Waals surface area contributed by atoms with Gasteiger partial charge in [-0.05, 0) is 10.4 Å². The van der Waals surface area contributed by atoms with Crippen LogP contribution in [0.5, 0.6) is 0 Å². The van der Waals surface area contributed by atoms with Crippen LogP contribution >= 0.6 is 0 Å². The lowest BCUT2D eigenvalue weighted by Gasteiger charge is -2.01. The zero-order chi connectivity index (χ0) is 7.40. The van der Waals surface area contributed by atoms with Crippen molar-refractivity contribution in [3.05, 3.63) is 11.9 Å². The Labute approximate surface area is 58.1 Å². The van der Waals surface area contributed by atoms with Crippen LogP contribution in [0.2, 0.25) is 0 Å². The lowest BCUT2D eigenvalue weighted by atomic mass is 10.1. The average molecular weight is 140 g/mol. The predicted molar refractivity (Wildman–Crippen MR) is 33.1 cm³/mol. The Balaban J connectivity index is 2.75. The molecule has 10 heavy (non-hydrogen) atoms. The first kappa shape index (κ1) is 7.01. The third-order valence-corrected chi connectivity index (χ3v) is 1.22. The maximum absolute atomic E-state index is 8.67. The monoisotopic (exact) mass is 140 g/mol. The van der Waals surface area contributed by atoms with Crippen molar-refractivity contribution in [2.75, 3.05) is 6.61 Å². The minimum absolute atomic E-state index is 0.0111. The normalized spacial score (nSPS) is 13.0. The highest BCUT2D eigenvalue weighted by Crippen LogP contribution is 2.06. The van der Waals surface area contributed by atoms with E-state index in [9.17, 15) is 0 Å². The van der Waals surface area contributed by atoms with E-state index in [2.05, 4.69) is 20.6 Å². The summed E-state index contributed by atoms with van der Waals surface area (Å²) >= 11 is 0. The Morgan fingerprint density at radius 3 is 2.90 bits per heavy atom. The van der Waals surface area contributed by atoms with Crippen molar-refractivity contribution >= 4 is 0 Å². The smallest absolute Gasteiger partial charge is 0.0901 e. The van der Waals surface area contributed by atoms with Crippen molar-refractivity contribution in [3.8, 4) is 0 Å². The number of hydrogen-bond acceptors (Lipinski definition) is 5. The molecule has 0 saturated carbocycles. The highest BCUT2D eigenvalue weighted by atomic mass is 16.3. The van der Waals surface area contributed by atoms with Gasteiger partial charge in [-0.25, -0.2) is 0 Å². The molecular weight excluding hydrogens is 132 g/mol. The van der Waals surface area contributed by atoms with Crippen LogP contribution < -0.4 is 0 Å². The summed E-state index contributed by atoms with van der Waals surface area (Å²) in [7, 11) is 0. The molecular formula is C5H8N4O. The fraction of sp³-hybridized carbons (Fsp3) is 0.600. The van der Waals surface area contributed by atoms with Gasteiger partial charge in [-0.1, -0.05) is 6.92 Å². The molecule has 54 valence electrons. The summed E-state index contributed by atoms with van der Waals surface area (Å²) in [6, 6.07) is 0. The summed E-state index contributed by atoms with van der Waals surface area (Å²) in [5.41, 5.74) is 0.664. The summed E-state index contributed by atoms with van der Waals surface area (Å²) in [5, 5.41) is 22.5. The molecule has 0 spiro atoms. The molecule has 0 radical (unpaired) electrons. The molecule has 0 bridgehead atoms. The minimum Gasteiger partial charge on any atom is -0.396 e. The lowest BCUT2D eigenvalue weighted by Crippen LogP contribution is -2.04. The zero-order valence-electron chi connectivity index (χ0n) is 5.60. The highest BCUT2D eigenvalue weighted by molar-refractivity contribution is 4.97. The summed E-state index contributed by atoms with van der Waals surface area (Å²) in [4.78, 5) is 0. The number of rotatable bonds is 2. The van der Waals surface area contributed by atoms with Crippen molar-refractivity contribution in [2.24, 2.45) is 0 Å². The standard InChI is InChI=1S/C5H8N4O/c1-4(3-10)5-2-6-8-9-7-5/h2,4,10H,3H2,1H3. The molecule has 1 N–H and O–H groups in total. The molecule has 5 heteroatoms. The molecule has 0 aliphatic rings. The Bertz CT molecular complexity index is 190. The van der Waals surface area contributed by atoms with Gasteiger partial charge in [-0.3, -0.25) is 0 Å². The van der Waals surface area contributed by atoms with Crippen molar-refractivity contribution in [1.29, 1.82) is 0 Å². The van der Waals surface area contributed by atoms with Crippen LogP contribution in [0.1, 0.15) is 18.5 Å². The van der Waals surface area contributed by atoms with E-state index in [-0.39, 0.29) is 12.5 Å². The lowest BCUT2D eigenvalue weighted by molar-refractivity contribution is 0.269. The number of aromatic nitrogens is 4. The molecule has 0 aliphatic carbocycles. The molecule has 1 unspecified atom stereocenters. The fourth-order valence-corrected chi connectivity index (χ4v) is 0.525. The first-order chi connectivity index (χ1) is 4.84. The van der Waals surface area contributed by atoms with E-state index >= 15 is 0 Å². The number of aliphatic hydroxyl groups is 1. The van der Waals surface area contributed by atoms with E-state index in [1.807, 2.05) is 6.92 Å². The molecule has 0 aromatic carbocycles. The van der Waals surface area contributed by atoms with Gasteiger partial charge < -0.3 is 5.11 Å². The van der Waals surface area contributed by atoms with Crippen molar-refractivity contribution in [3.63, 3.8) is 0 Å². The fourth-order valence-electron chi connectivity index (χ4n) is 0.525. The van der Waals surface area contributed by atoms with Gasteiger partial charge >= 0.3 is 0 Å². The molecule has 0 amide bonds. The van der Waals surface area contributed by atoms with Gasteiger partial charge in [0, 0.05) is 5.92 Å². The van der Waals surface area contributed by atoms with Crippen LogP contribution in [0.25, 0.3) is 0 Å². The SMILES string of the molecule is CC(CO)c1cnnnn1. The Morgan fingerprint density at radius 1 is 1.60 bits per heavy atom. The van der Waals surface area contributed by atoms with Gasteiger partial charge in [0.25, 0.3) is 0 Å². The molecule has 1 atom stereocenters. The Kier molecular flexibility index (Phi) is 2.22. The summed E-state index contributed by atoms with van der Waals surface area (Å²) < 4.78 is 0. The largest absolute Gasteiger partial charge is 0.396 e. The van der Waals surface area contributed by atoms with Gasteiger partial charge in [-0.15, -0.1) is 10.2 Å². The molecule has 1 aromatic heterocycles. The van der Waals surface area contributed by atoms with Gasteiger partial charge in [0.05, 0.1) is 18.5 Å². The van der Waals surface area contributed by atoms with Crippen LogP contribution in [0.4, 0.5) is 0 Å². The van der Waals surface area contributed by atoms with Gasteiger partial charge in [0.1, 0.15) is 0 Å². The van der Waals surface area contributed by atoms with Crippen LogP contribution in [0.3, 0.4) is 0 Å². The van der Waals surface area contributed by atoms with Crippen molar-refractivity contribution in [1.82, 2.24) is 20.6 Å². The van der Waals surface area contributed by atoms with Crippen LogP contribution in [-0.2, 0) is 0 Å². The van der Waals surface area contributed by atoms with Gasteiger partial charge in [0.15, 0.2) is 0 Å². The summed E-state index contributed by atoms with van der Waals surface area (Å²) in [6.07, 6.45) is 1.49. The molecule has 0 aliphatic heterocycles. The Hall–Kier alpha value is -1.10. The topological polar surface area (TPSA) is 71.8 Å². The van der Waals surface area contributed by atoms with Crippen molar-refractivity contribution < 1.29 is 5.11 Å². The Morgan fingerprint density at radius 2 is 2.40 bits per heavy atom. The van der Waals surface area contributed by atoms with E-state index < -0.39 is 0 Å². The molecule has 0 saturated heterocycles. The number of aliphatic hydroxyl groups excluding tert-OH is 1. The van der Waals surface area contributed by atoms with Crippen LogP contribution in [0, 0.1) is 0 Å². The minimum atomic E-state index is -0.0111. The first-order valence-electron chi connectivity index (χ1n) is 2.96. The third kappa shape index (κ3) is 1.44. The van der Waals surface area contributed by atoms with Crippen LogP contribution in [0.15, 0.2) is 6.20 Å². The quantitative estimate of drug-likeness (QED) is 0.591. The third-order valence-electron chi connectivity index (χ3n) is 1.22. The second-order valence-corrected chi connectivity index (χ2v) is 2.03. The maximum atomic E-state index is 8.67. The van der Waals surface area contributed by atoms with Crippen LogP contribution in [-0.4, -0.2) is 32.3 Å². The van der Waals surface area contributed by atoms with Gasteiger partial charge in [0.2, 0.25) is 0 Å². The summed E-state index contributed by atoms with van der Waals surface area (Å²) in [6.45, 7) is 1.89. The molecule has 0 fully saturated rings. The first-order valence-corrected chi connectivity index (χ1v) is 2.96. The second-order valence-electron chi connectivity index (χ2n) is 2.03. The maximum Gasteiger partial charge on any atom is 0.0901 e. The highest BCUT2D eigenvalue weighted by Gasteiger charge is 2.04. The van der Waals surface area contributed by atoms with E-state index in [0.717, 1.165) is 0 Å². The molecule has 5 nitrogen and oxygen atoms in total. The molecule has 1 heterocycles. The molecule has 1 aromatic rings. The van der Waals surface area contributed by atoms with Crippen molar-refractivity contribution in [2.45, 2.75) is 12.8 Å². The number of nitrogens with zero attached hydrogens (tertiary/aromatic N) is 4. The van der Waals surface area contributed by atoms with E-state index in [0.29, 0.717) is 5.69 Å². The summed E-state index contributed by atoms with van der Waals surface area (Å²) in [5.74, 6) is -0.0111. The van der Waals surface area contributed by atoms with E-state index in [4.69, 9.17) is 5.11 Å².